The van der Waals surface area contributed by atoms with Gasteiger partial charge in [-0.05, 0) is 45.1 Å². The number of carbonyl (C=O) groups is 2. The lowest BCUT2D eigenvalue weighted by molar-refractivity contribution is -0.135. The molecule has 2 amide bonds. The number of aromatic amines is 1. The van der Waals surface area contributed by atoms with E-state index >= 15 is 0 Å². The highest BCUT2D eigenvalue weighted by Crippen LogP contribution is 2.24. The van der Waals surface area contributed by atoms with E-state index in [-0.39, 0.29) is 24.3 Å². The number of nitrogens with one attached hydrogen (secondary N) is 2. The van der Waals surface area contributed by atoms with Crippen LogP contribution in [0.3, 0.4) is 0 Å². The zero-order valence-electron chi connectivity index (χ0n) is 23.6. The van der Waals surface area contributed by atoms with Crippen molar-refractivity contribution in [1.29, 1.82) is 0 Å². The van der Waals surface area contributed by atoms with Crippen molar-refractivity contribution in [3.63, 3.8) is 0 Å². The molecule has 203 valence electrons. The van der Waals surface area contributed by atoms with Gasteiger partial charge in [0.2, 0.25) is 5.91 Å². The van der Waals surface area contributed by atoms with Crippen LogP contribution in [0.15, 0.2) is 30.5 Å². The molecule has 3 N–H and O–H groups in total. The van der Waals surface area contributed by atoms with Gasteiger partial charge in [0, 0.05) is 6.54 Å². The van der Waals surface area contributed by atoms with Gasteiger partial charge in [-0.25, -0.2) is 9.78 Å². The summed E-state index contributed by atoms with van der Waals surface area (Å²) in [6.45, 7) is 15.8. The summed E-state index contributed by atoms with van der Waals surface area (Å²) in [7, 11) is 2.92. The summed E-state index contributed by atoms with van der Waals surface area (Å²) >= 11 is 0. The molecule has 0 bridgehead atoms. The fourth-order valence-corrected chi connectivity index (χ4v) is 3.44. The van der Waals surface area contributed by atoms with Crippen LogP contribution in [0.5, 0.6) is 0 Å². The van der Waals surface area contributed by atoms with Crippen molar-refractivity contribution < 1.29 is 24.1 Å². The average Bonchev–Trinajstić information content (AvgIpc) is 3.28. The molecule has 1 aromatic carbocycles. The maximum absolute atomic E-state index is 13.4. The van der Waals surface area contributed by atoms with Crippen LogP contribution in [0.25, 0.3) is 11.3 Å². The standard InChI is InChI=1S/C27H42BN4O5/c1-17(2)15-32(24(33)23(18(3)4)31-25(34)36-9)16-22-29-14-21(30-22)19-10-12-20(13-11-19)28-37-27(7,8)26(5,6)35/h10-14,17-18,23,35H,15-16H2,1-9H3,(H,29,30)(H,31,34). The first-order chi connectivity index (χ1) is 17.1. The Labute approximate surface area is 221 Å². The Morgan fingerprint density at radius 1 is 1.14 bits per heavy atom. The topological polar surface area (TPSA) is 117 Å². The van der Waals surface area contributed by atoms with Gasteiger partial charge in [-0.2, -0.15) is 0 Å². The second kappa shape index (κ2) is 12.6. The molecule has 1 unspecified atom stereocenters. The fourth-order valence-electron chi connectivity index (χ4n) is 3.44. The third-order valence-corrected chi connectivity index (χ3v) is 6.44. The number of imidazole rings is 1. The van der Waals surface area contributed by atoms with Gasteiger partial charge in [-0.3, -0.25) is 4.79 Å². The molecule has 0 spiro atoms. The van der Waals surface area contributed by atoms with E-state index in [4.69, 9.17) is 9.39 Å². The predicted octanol–water partition coefficient (Wildman–Crippen LogP) is 3.25. The number of hydrogen-bond donors (Lipinski definition) is 3. The molecule has 2 aromatic rings. The van der Waals surface area contributed by atoms with Gasteiger partial charge >= 0.3 is 13.6 Å². The van der Waals surface area contributed by atoms with Crippen LogP contribution in [-0.4, -0.2) is 70.4 Å². The van der Waals surface area contributed by atoms with E-state index in [0.29, 0.717) is 12.4 Å². The van der Waals surface area contributed by atoms with Crippen LogP contribution in [0.2, 0.25) is 0 Å². The van der Waals surface area contributed by atoms with E-state index in [1.807, 2.05) is 65.8 Å². The monoisotopic (exact) mass is 513 g/mol. The summed E-state index contributed by atoms with van der Waals surface area (Å²) in [4.78, 5) is 34.7. The Kier molecular flexibility index (Phi) is 10.3. The molecule has 2 rings (SSSR count). The molecule has 37 heavy (non-hydrogen) atoms. The molecule has 0 saturated heterocycles. The average molecular weight is 513 g/mol. The highest BCUT2D eigenvalue weighted by molar-refractivity contribution is 6.47. The second-order valence-electron chi connectivity index (χ2n) is 11.1. The minimum atomic E-state index is -0.995. The van der Waals surface area contributed by atoms with Gasteiger partial charge in [-0.15, -0.1) is 0 Å². The summed E-state index contributed by atoms with van der Waals surface area (Å²) in [6.07, 6.45) is 1.11. The van der Waals surface area contributed by atoms with Crippen molar-refractivity contribution in [1.82, 2.24) is 20.2 Å². The van der Waals surface area contributed by atoms with Crippen molar-refractivity contribution in [2.45, 2.75) is 79.2 Å². The number of H-pyrrole nitrogens is 1. The Hall–Kier alpha value is -2.85. The van der Waals surface area contributed by atoms with Crippen molar-refractivity contribution >= 4 is 24.9 Å². The summed E-state index contributed by atoms with van der Waals surface area (Å²) in [6, 6.07) is 7.06. The molecule has 1 radical (unpaired) electrons. The third-order valence-electron chi connectivity index (χ3n) is 6.44. The number of nitrogens with zero attached hydrogens (tertiary/aromatic N) is 2. The quantitative estimate of drug-likeness (QED) is 0.375. The van der Waals surface area contributed by atoms with Crippen molar-refractivity contribution in [2.24, 2.45) is 11.8 Å². The molecule has 0 aliphatic rings. The summed E-state index contributed by atoms with van der Waals surface area (Å²) in [5, 5.41) is 12.9. The minimum absolute atomic E-state index is 0.109. The van der Waals surface area contributed by atoms with E-state index in [1.54, 1.807) is 32.4 Å². The number of aromatic nitrogens is 2. The van der Waals surface area contributed by atoms with E-state index in [9.17, 15) is 14.7 Å². The van der Waals surface area contributed by atoms with E-state index in [2.05, 4.69) is 15.3 Å². The number of carbonyl (C=O) groups excluding carboxylic acids is 2. The first-order valence-electron chi connectivity index (χ1n) is 12.7. The van der Waals surface area contributed by atoms with Gasteiger partial charge in [0.1, 0.15) is 11.9 Å². The van der Waals surface area contributed by atoms with Crippen LogP contribution in [0.4, 0.5) is 4.79 Å². The number of hydrogen-bond acceptors (Lipinski definition) is 6. The number of aliphatic hydroxyl groups is 1. The van der Waals surface area contributed by atoms with Gasteiger partial charge in [0.05, 0.1) is 36.7 Å². The number of alkyl carbamates (subject to hydrolysis) is 1. The number of benzene rings is 1. The summed E-state index contributed by atoms with van der Waals surface area (Å²) in [5.41, 5.74) is 0.887. The smallest absolute Gasteiger partial charge is 0.407 e. The number of amides is 2. The predicted molar refractivity (Wildman–Crippen MR) is 145 cm³/mol. The Balaban J connectivity index is 2.14. The highest BCUT2D eigenvalue weighted by atomic mass is 16.5. The van der Waals surface area contributed by atoms with Crippen LogP contribution >= 0.6 is 0 Å². The van der Waals surface area contributed by atoms with E-state index in [0.717, 1.165) is 16.7 Å². The molecule has 1 heterocycles. The maximum Gasteiger partial charge on any atom is 0.407 e. The molecule has 0 fully saturated rings. The first kappa shape index (κ1) is 30.4. The van der Waals surface area contributed by atoms with Crippen LogP contribution in [0.1, 0.15) is 61.2 Å². The lowest BCUT2D eigenvalue weighted by Crippen LogP contribution is -2.51. The second-order valence-corrected chi connectivity index (χ2v) is 11.1. The van der Waals surface area contributed by atoms with Crippen LogP contribution in [-0.2, 0) is 20.7 Å². The highest BCUT2D eigenvalue weighted by Gasteiger charge is 2.35. The van der Waals surface area contributed by atoms with E-state index in [1.165, 1.54) is 7.11 Å². The van der Waals surface area contributed by atoms with Crippen LogP contribution < -0.4 is 10.8 Å². The molecule has 0 saturated carbocycles. The van der Waals surface area contributed by atoms with Gasteiger partial charge in [0.15, 0.2) is 0 Å². The molecule has 0 aliphatic carbocycles. The maximum atomic E-state index is 13.4. The Bertz CT molecular complexity index is 1030. The fraction of sp³-hybridized carbons (Fsp3) is 0.593. The third kappa shape index (κ3) is 8.60. The Morgan fingerprint density at radius 3 is 2.27 bits per heavy atom. The summed E-state index contributed by atoms with van der Waals surface area (Å²) in [5.74, 6) is 0.592. The number of rotatable bonds is 12. The van der Waals surface area contributed by atoms with Gasteiger partial charge < -0.3 is 29.7 Å². The van der Waals surface area contributed by atoms with Gasteiger partial charge in [-0.1, -0.05) is 57.4 Å². The molecule has 1 atom stereocenters. The zero-order chi connectivity index (χ0) is 28.0. The zero-order valence-corrected chi connectivity index (χ0v) is 23.6. The van der Waals surface area contributed by atoms with E-state index < -0.39 is 23.3 Å². The minimum Gasteiger partial charge on any atom is -0.453 e. The largest absolute Gasteiger partial charge is 0.453 e. The number of methoxy groups -OCH3 is 1. The molecule has 10 heteroatoms. The molecular formula is C27H42BN4O5. The lowest BCUT2D eigenvalue weighted by atomic mass is 9.82. The van der Waals surface area contributed by atoms with Crippen LogP contribution in [0, 0.1) is 11.8 Å². The first-order valence-corrected chi connectivity index (χ1v) is 12.7. The summed E-state index contributed by atoms with van der Waals surface area (Å²) < 4.78 is 10.5. The normalized spacial score (nSPS) is 13.0. The Morgan fingerprint density at radius 2 is 1.76 bits per heavy atom. The molecule has 9 nitrogen and oxygen atoms in total. The molecule has 1 aromatic heterocycles. The number of ether oxygens (including phenoxy) is 1. The van der Waals surface area contributed by atoms with Crippen molar-refractivity contribution in [3.8, 4) is 11.3 Å². The SMILES string of the molecule is COC(=O)NC(C(=O)N(Cc1ncc(-c2ccc([B]OC(C)(C)C(C)(C)O)cc2)[nH]1)CC(C)C)C(C)C. The molecular weight excluding hydrogens is 471 g/mol. The van der Waals surface area contributed by atoms with Crippen molar-refractivity contribution in [3.05, 3.63) is 36.3 Å². The molecule has 0 aliphatic heterocycles. The van der Waals surface area contributed by atoms with Gasteiger partial charge in [0.25, 0.3) is 0 Å². The lowest BCUT2D eigenvalue weighted by Gasteiger charge is -2.37. The van der Waals surface area contributed by atoms with Crippen molar-refractivity contribution in [2.75, 3.05) is 13.7 Å².